The summed E-state index contributed by atoms with van der Waals surface area (Å²) in [7, 11) is 2.96. The van der Waals surface area contributed by atoms with E-state index in [1.165, 1.54) is 39.0 Å². The Morgan fingerprint density at radius 1 is 1.11 bits per heavy atom. The van der Waals surface area contributed by atoms with Gasteiger partial charge in [0.15, 0.2) is 11.5 Å². The molecule has 2 aromatic carbocycles. The van der Waals surface area contributed by atoms with Gasteiger partial charge in [0.25, 0.3) is 5.91 Å². The summed E-state index contributed by atoms with van der Waals surface area (Å²) in [6, 6.07) is 11.2. The molecular weight excluding hydrogens is 458 g/mol. The second-order valence-corrected chi connectivity index (χ2v) is 7.26. The van der Waals surface area contributed by atoms with Crippen molar-refractivity contribution < 1.29 is 28.7 Å². The molecule has 1 N–H and O–H groups in total. The number of hydrazone groups is 1. The molecular formula is C23H23N5O7. The summed E-state index contributed by atoms with van der Waals surface area (Å²) >= 11 is 0. The van der Waals surface area contributed by atoms with Crippen molar-refractivity contribution in [2.45, 2.75) is 20.4 Å². The molecule has 0 fully saturated rings. The van der Waals surface area contributed by atoms with Crippen LogP contribution in [0.1, 0.15) is 27.3 Å². The molecule has 3 rings (SSSR count). The van der Waals surface area contributed by atoms with E-state index in [0.717, 1.165) is 0 Å². The molecule has 0 aliphatic carbocycles. The zero-order valence-electron chi connectivity index (χ0n) is 19.5. The average Bonchev–Trinajstić information content (AvgIpc) is 3.12. The van der Waals surface area contributed by atoms with Crippen molar-refractivity contribution in [2.75, 3.05) is 14.2 Å². The van der Waals surface area contributed by atoms with Gasteiger partial charge in [-0.3, -0.25) is 19.6 Å². The van der Waals surface area contributed by atoms with E-state index in [9.17, 15) is 19.7 Å². The van der Waals surface area contributed by atoms with Crippen LogP contribution in [-0.2, 0) is 11.3 Å². The molecule has 3 aromatic rings. The molecule has 1 aromatic heterocycles. The van der Waals surface area contributed by atoms with Crippen molar-refractivity contribution in [3.05, 3.63) is 75.1 Å². The molecule has 1 heterocycles. The summed E-state index contributed by atoms with van der Waals surface area (Å²) < 4.78 is 17.0. The van der Waals surface area contributed by atoms with Crippen LogP contribution in [0, 0.1) is 24.0 Å². The molecule has 0 saturated heterocycles. The Morgan fingerprint density at radius 3 is 2.43 bits per heavy atom. The van der Waals surface area contributed by atoms with Crippen molar-refractivity contribution in [1.29, 1.82) is 0 Å². The van der Waals surface area contributed by atoms with Gasteiger partial charge in [0.05, 0.1) is 30.9 Å². The number of hydrogen-bond donors (Lipinski definition) is 1. The Labute approximate surface area is 200 Å². The van der Waals surface area contributed by atoms with Gasteiger partial charge in [-0.25, -0.2) is 10.2 Å². The lowest BCUT2D eigenvalue weighted by molar-refractivity contribution is -0.386. The first kappa shape index (κ1) is 24.9. The summed E-state index contributed by atoms with van der Waals surface area (Å²) in [6.07, 6.45) is 1.37. The fraction of sp³-hybridized carbons (Fsp3) is 0.217. The molecule has 0 atom stereocenters. The molecule has 0 aliphatic rings. The number of rotatable bonds is 9. The summed E-state index contributed by atoms with van der Waals surface area (Å²) in [6.45, 7) is 2.79. The molecule has 35 heavy (non-hydrogen) atoms. The Bertz CT molecular complexity index is 1280. The van der Waals surface area contributed by atoms with Crippen LogP contribution in [0.3, 0.4) is 0 Å². The van der Waals surface area contributed by atoms with Crippen molar-refractivity contribution in [3.63, 3.8) is 0 Å². The minimum Gasteiger partial charge on any atom is -0.497 e. The van der Waals surface area contributed by atoms with E-state index < -0.39 is 16.8 Å². The SMILES string of the molecule is COc1ccc(C(=O)Oc2ccc(/C=N/NC(=O)Cn3nc(C)c([N+](=O)[O-])c3C)cc2OC)cc1. The lowest BCUT2D eigenvalue weighted by Crippen LogP contribution is -2.24. The lowest BCUT2D eigenvalue weighted by atomic mass is 10.2. The van der Waals surface area contributed by atoms with Gasteiger partial charge in [0, 0.05) is 0 Å². The summed E-state index contributed by atoms with van der Waals surface area (Å²) in [5, 5.41) is 19.0. The van der Waals surface area contributed by atoms with Gasteiger partial charge >= 0.3 is 11.7 Å². The smallest absolute Gasteiger partial charge is 0.343 e. The third kappa shape index (κ3) is 5.99. The lowest BCUT2D eigenvalue weighted by Gasteiger charge is -2.10. The van der Waals surface area contributed by atoms with Crippen molar-refractivity contribution >= 4 is 23.8 Å². The monoisotopic (exact) mass is 481 g/mol. The normalized spacial score (nSPS) is 10.7. The largest absolute Gasteiger partial charge is 0.497 e. The maximum absolute atomic E-state index is 12.4. The maximum atomic E-state index is 12.4. The van der Waals surface area contributed by atoms with Crippen molar-refractivity contribution in [3.8, 4) is 17.2 Å². The van der Waals surface area contributed by atoms with Crippen LogP contribution in [0.5, 0.6) is 17.2 Å². The molecule has 0 unspecified atom stereocenters. The van der Waals surface area contributed by atoms with Gasteiger partial charge in [-0.05, 0) is 61.9 Å². The minimum atomic E-state index is -0.566. The van der Waals surface area contributed by atoms with Gasteiger partial charge in [0.1, 0.15) is 23.7 Å². The highest BCUT2D eigenvalue weighted by molar-refractivity contribution is 5.91. The number of hydrogen-bond acceptors (Lipinski definition) is 9. The average molecular weight is 481 g/mol. The molecule has 182 valence electrons. The number of amides is 1. The number of aryl methyl sites for hydroxylation is 1. The number of aromatic nitrogens is 2. The maximum Gasteiger partial charge on any atom is 0.343 e. The summed E-state index contributed by atoms with van der Waals surface area (Å²) in [4.78, 5) is 35.1. The quantitative estimate of drug-likeness (QED) is 0.161. The van der Waals surface area contributed by atoms with Gasteiger partial charge in [-0.2, -0.15) is 10.2 Å². The third-order valence-electron chi connectivity index (χ3n) is 4.94. The summed E-state index contributed by atoms with van der Waals surface area (Å²) in [5.74, 6) is 0.0338. The van der Waals surface area contributed by atoms with Crippen LogP contribution in [0.15, 0.2) is 47.6 Å². The summed E-state index contributed by atoms with van der Waals surface area (Å²) in [5.41, 5.74) is 3.62. The molecule has 0 radical (unpaired) electrons. The number of nitrogens with one attached hydrogen (secondary N) is 1. The first-order chi connectivity index (χ1) is 16.7. The van der Waals surface area contributed by atoms with Gasteiger partial charge in [-0.1, -0.05) is 0 Å². The fourth-order valence-electron chi connectivity index (χ4n) is 3.19. The van der Waals surface area contributed by atoms with E-state index in [1.807, 2.05) is 0 Å². The number of esters is 1. The van der Waals surface area contributed by atoms with E-state index in [-0.39, 0.29) is 35.1 Å². The predicted octanol–water partition coefficient (Wildman–Crippen LogP) is 2.79. The number of carbonyl (C=O) groups is 2. The first-order valence-electron chi connectivity index (χ1n) is 10.3. The molecule has 0 bridgehead atoms. The first-order valence-corrected chi connectivity index (χ1v) is 10.3. The Kier molecular flexibility index (Phi) is 7.77. The highest BCUT2D eigenvalue weighted by Crippen LogP contribution is 2.28. The molecule has 12 nitrogen and oxygen atoms in total. The van der Waals surface area contributed by atoms with Crippen molar-refractivity contribution in [1.82, 2.24) is 15.2 Å². The van der Waals surface area contributed by atoms with Gasteiger partial charge < -0.3 is 14.2 Å². The van der Waals surface area contributed by atoms with Gasteiger partial charge in [0.2, 0.25) is 0 Å². The second-order valence-electron chi connectivity index (χ2n) is 7.26. The number of nitro groups is 1. The molecule has 12 heteroatoms. The van der Waals surface area contributed by atoms with E-state index in [1.54, 1.807) is 42.5 Å². The Balaban J connectivity index is 1.63. The van der Waals surface area contributed by atoms with E-state index in [2.05, 4.69) is 15.6 Å². The number of methoxy groups -OCH3 is 2. The van der Waals surface area contributed by atoms with E-state index >= 15 is 0 Å². The van der Waals surface area contributed by atoms with Crippen LogP contribution in [0.2, 0.25) is 0 Å². The van der Waals surface area contributed by atoms with Crippen LogP contribution >= 0.6 is 0 Å². The second kappa shape index (κ2) is 10.9. The zero-order chi connectivity index (χ0) is 25.5. The number of benzene rings is 2. The number of carbonyl (C=O) groups excluding carboxylic acids is 2. The highest BCUT2D eigenvalue weighted by Gasteiger charge is 2.22. The highest BCUT2D eigenvalue weighted by atomic mass is 16.6. The van der Waals surface area contributed by atoms with Gasteiger partial charge in [-0.15, -0.1) is 0 Å². The predicted molar refractivity (Wildman–Crippen MR) is 125 cm³/mol. The molecule has 0 aliphatic heterocycles. The number of nitrogens with zero attached hydrogens (tertiary/aromatic N) is 4. The van der Waals surface area contributed by atoms with E-state index in [0.29, 0.717) is 16.9 Å². The minimum absolute atomic E-state index is 0.124. The van der Waals surface area contributed by atoms with E-state index in [4.69, 9.17) is 14.2 Å². The third-order valence-corrected chi connectivity index (χ3v) is 4.94. The molecule has 0 spiro atoms. The Morgan fingerprint density at radius 2 is 1.83 bits per heavy atom. The fourth-order valence-corrected chi connectivity index (χ4v) is 3.19. The molecule has 1 amide bonds. The standard InChI is InChI=1S/C23H23N5O7/c1-14-22(28(31)32)15(2)27(26-14)13-21(29)25-24-12-16-5-10-19(20(11-16)34-4)35-23(30)17-6-8-18(33-3)9-7-17/h5-12H,13H2,1-4H3,(H,25,29)/b24-12+. The number of ether oxygens (including phenoxy) is 3. The van der Waals surface area contributed by atoms with Crippen LogP contribution in [-0.4, -0.2) is 47.0 Å². The van der Waals surface area contributed by atoms with Crippen molar-refractivity contribution in [2.24, 2.45) is 5.10 Å². The van der Waals surface area contributed by atoms with Crippen LogP contribution < -0.4 is 19.6 Å². The zero-order valence-corrected chi connectivity index (χ0v) is 19.5. The van der Waals surface area contributed by atoms with Crippen LogP contribution in [0.25, 0.3) is 0 Å². The Hall–Kier alpha value is -4.74. The molecule has 0 saturated carbocycles. The topological polar surface area (TPSA) is 147 Å². The van der Waals surface area contributed by atoms with Crippen LogP contribution in [0.4, 0.5) is 5.69 Å².